The number of aryl methyl sites for hydroxylation is 1. The second kappa shape index (κ2) is 6.99. The van der Waals surface area contributed by atoms with Crippen molar-refractivity contribution in [1.29, 1.82) is 0 Å². The Hall–Kier alpha value is -1.20. The zero-order chi connectivity index (χ0) is 14.5. The first-order chi connectivity index (χ1) is 9.56. The minimum Gasteiger partial charge on any atom is -0.353 e. The van der Waals surface area contributed by atoms with Crippen LogP contribution in [0.4, 0.5) is 5.95 Å². The molecule has 0 saturated carbocycles. The summed E-state index contributed by atoms with van der Waals surface area (Å²) >= 11 is 0. The van der Waals surface area contributed by atoms with E-state index in [2.05, 4.69) is 46.0 Å². The summed E-state index contributed by atoms with van der Waals surface area (Å²) in [4.78, 5) is 13.6. The Bertz CT molecular complexity index is 395. The molecule has 0 radical (unpaired) electrons. The summed E-state index contributed by atoms with van der Waals surface area (Å²) in [6, 6.07) is 0.536. The maximum Gasteiger partial charge on any atom is 0.222 e. The van der Waals surface area contributed by atoms with E-state index in [0.29, 0.717) is 12.0 Å². The van der Waals surface area contributed by atoms with Gasteiger partial charge in [-0.3, -0.25) is 4.90 Å². The SMILES string of the molecule is Cc1cnc(NCC(C(C)C)N2CCN(C)CC2)nc1. The van der Waals surface area contributed by atoms with Crippen LogP contribution in [0.5, 0.6) is 0 Å². The quantitative estimate of drug-likeness (QED) is 0.883. The molecule has 0 amide bonds. The third kappa shape index (κ3) is 4.15. The monoisotopic (exact) mass is 277 g/mol. The lowest BCUT2D eigenvalue weighted by Gasteiger charge is -2.39. The number of aromatic nitrogens is 2. The molecule has 1 aromatic rings. The topological polar surface area (TPSA) is 44.3 Å². The molecule has 0 aliphatic carbocycles. The van der Waals surface area contributed by atoms with Gasteiger partial charge < -0.3 is 10.2 Å². The number of likely N-dealkylation sites (N-methyl/N-ethyl adjacent to an activating group) is 1. The van der Waals surface area contributed by atoms with Crippen LogP contribution in [0, 0.1) is 12.8 Å². The summed E-state index contributed by atoms with van der Waals surface area (Å²) in [5.41, 5.74) is 1.09. The number of nitrogens with zero attached hydrogens (tertiary/aromatic N) is 4. The third-order valence-corrected chi connectivity index (χ3v) is 4.03. The van der Waals surface area contributed by atoms with Gasteiger partial charge in [0.1, 0.15) is 0 Å². The second-order valence-corrected chi connectivity index (χ2v) is 6.12. The summed E-state index contributed by atoms with van der Waals surface area (Å²) < 4.78 is 0. The summed E-state index contributed by atoms with van der Waals surface area (Å²) in [5, 5.41) is 3.38. The number of piperazine rings is 1. The highest BCUT2D eigenvalue weighted by Crippen LogP contribution is 2.14. The molecule has 5 nitrogen and oxygen atoms in total. The Morgan fingerprint density at radius 1 is 1.15 bits per heavy atom. The van der Waals surface area contributed by atoms with Crippen molar-refractivity contribution in [2.75, 3.05) is 45.1 Å². The van der Waals surface area contributed by atoms with Gasteiger partial charge in [0, 0.05) is 51.2 Å². The van der Waals surface area contributed by atoms with E-state index in [1.54, 1.807) is 0 Å². The fourth-order valence-electron chi connectivity index (χ4n) is 2.62. The highest BCUT2D eigenvalue weighted by Gasteiger charge is 2.24. The van der Waals surface area contributed by atoms with Crippen LogP contribution >= 0.6 is 0 Å². The lowest BCUT2D eigenvalue weighted by Crippen LogP contribution is -2.52. The van der Waals surface area contributed by atoms with Crippen LogP contribution in [0.15, 0.2) is 12.4 Å². The molecular formula is C15H27N5. The largest absolute Gasteiger partial charge is 0.353 e. The van der Waals surface area contributed by atoms with E-state index in [4.69, 9.17) is 0 Å². The highest BCUT2D eigenvalue weighted by atomic mass is 15.3. The molecule has 0 bridgehead atoms. The summed E-state index contributed by atoms with van der Waals surface area (Å²) in [5.74, 6) is 1.35. The fraction of sp³-hybridized carbons (Fsp3) is 0.733. The van der Waals surface area contributed by atoms with Gasteiger partial charge in [-0.05, 0) is 25.5 Å². The Labute approximate surface area is 122 Å². The van der Waals surface area contributed by atoms with Crippen molar-refractivity contribution in [2.45, 2.75) is 26.8 Å². The van der Waals surface area contributed by atoms with Crippen LogP contribution in [0.1, 0.15) is 19.4 Å². The van der Waals surface area contributed by atoms with Gasteiger partial charge in [-0.25, -0.2) is 9.97 Å². The van der Waals surface area contributed by atoms with Gasteiger partial charge in [-0.15, -0.1) is 0 Å². The average molecular weight is 277 g/mol. The van der Waals surface area contributed by atoms with E-state index < -0.39 is 0 Å². The molecule has 1 fully saturated rings. The zero-order valence-electron chi connectivity index (χ0n) is 13.1. The van der Waals surface area contributed by atoms with Crippen LogP contribution in [-0.2, 0) is 0 Å². The van der Waals surface area contributed by atoms with Crippen molar-refractivity contribution >= 4 is 5.95 Å². The predicted molar refractivity (Wildman–Crippen MR) is 83.0 cm³/mol. The molecule has 0 spiro atoms. The van der Waals surface area contributed by atoms with E-state index in [1.807, 2.05) is 19.3 Å². The van der Waals surface area contributed by atoms with E-state index >= 15 is 0 Å². The molecule has 1 atom stereocenters. The van der Waals surface area contributed by atoms with Gasteiger partial charge in [0.05, 0.1) is 0 Å². The fourth-order valence-corrected chi connectivity index (χ4v) is 2.62. The normalized spacial score (nSPS) is 19.2. The summed E-state index contributed by atoms with van der Waals surface area (Å²) in [6.07, 6.45) is 3.71. The van der Waals surface area contributed by atoms with Crippen molar-refractivity contribution in [3.05, 3.63) is 18.0 Å². The molecular weight excluding hydrogens is 250 g/mol. The number of hydrogen-bond donors (Lipinski definition) is 1. The number of nitrogens with one attached hydrogen (secondary N) is 1. The molecule has 0 aromatic carbocycles. The molecule has 1 aliphatic heterocycles. The van der Waals surface area contributed by atoms with Crippen LogP contribution in [0.3, 0.4) is 0 Å². The Kier molecular flexibility index (Phi) is 5.31. The first-order valence-electron chi connectivity index (χ1n) is 7.51. The van der Waals surface area contributed by atoms with Crippen LogP contribution < -0.4 is 5.32 Å². The molecule has 1 N–H and O–H groups in total. The minimum absolute atomic E-state index is 0.536. The standard InChI is InChI=1S/C15H27N5/c1-12(2)14(20-7-5-19(4)6-8-20)11-18-15-16-9-13(3)10-17-15/h9-10,12,14H,5-8,11H2,1-4H3,(H,16,17,18). The van der Waals surface area contributed by atoms with Crippen molar-refractivity contribution < 1.29 is 0 Å². The third-order valence-electron chi connectivity index (χ3n) is 4.03. The first-order valence-corrected chi connectivity index (χ1v) is 7.51. The van der Waals surface area contributed by atoms with Gasteiger partial charge in [-0.1, -0.05) is 13.8 Å². The van der Waals surface area contributed by atoms with Crippen LogP contribution in [-0.4, -0.2) is 65.6 Å². The molecule has 5 heteroatoms. The van der Waals surface area contributed by atoms with Gasteiger partial charge in [0.15, 0.2) is 0 Å². The highest BCUT2D eigenvalue weighted by molar-refractivity contribution is 5.24. The van der Waals surface area contributed by atoms with Gasteiger partial charge in [-0.2, -0.15) is 0 Å². The van der Waals surface area contributed by atoms with E-state index in [0.717, 1.165) is 44.2 Å². The van der Waals surface area contributed by atoms with Crippen molar-refractivity contribution in [1.82, 2.24) is 19.8 Å². The number of rotatable bonds is 5. The Morgan fingerprint density at radius 2 is 1.75 bits per heavy atom. The van der Waals surface area contributed by atoms with Crippen molar-refractivity contribution in [3.8, 4) is 0 Å². The summed E-state index contributed by atoms with van der Waals surface area (Å²) in [6.45, 7) is 12.1. The lowest BCUT2D eigenvalue weighted by molar-refractivity contribution is 0.0943. The molecule has 2 heterocycles. The molecule has 20 heavy (non-hydrogen) atoms. The molecule has 1 saturated heterocycles. The van der Waals surface area contributed by atoms with E-state index in [1.165, 1.54) is 0 Å². The van der Waals surface area contributed by atoms with Gasteiger partial charge >= 0.3 is 0 Å². The molecule has 112 valence electrons. The maximum atomic E-state index is 4.32. The lowest BCUT2D eigenvalue weighted by atomic mass is 10.0. The number of hydrogen-bond acceptors (Lipinski definition) is 5. The van der Waals surface area contributed by atoms with E-state index in [9.17, 15) is 0 Å². The van der Waals surface area contributed by atoms with Crippen LogP contribution in [0.25, 0.3) is 0 Å². The van der Waals surface area contributed by atoms with Crippen molar-refractivity contribution in [3.63, 3.8) is 0 Å². The van der Waals surface area contributed by atoms with Crippen LogP contribution in [0.2, 0.25) is 0 Å². The Balaban J connectivity index is 1.90. The average Bonchev–Trinajstić information content (AvgIpc) is 2.43. The number of anilines is 1. The predicted octanol–water partition coefficient (Wildman–Crippen LogP) is 1.47. The first kappa shape index (κ1) is 15.2. The zero-order valence-corrected chi connectivity index (χ0v) is 13.1. The molecule has 1 unspecified atom stereocenters. The molecule has 1 aromatic heterocycles. The minimum atomic E-state index is 0.536. The van der Waals surface area contributed by atoms with E-state index in [-0.39, 0.29) is 0 Å². The van der Waals surface area contributed by atoms with Crippen molar-refractivity contribution in [2.24, 2.45) is 5.92 Å². The molecule has 2 rings (SSSR count). The second-order valence-electron chi connectivity index (χ2n) is 6.12. The Morgan fingerprint density at radius 3 is 2.30 bits per heavy atom. The summed E-state index contributed by atoms with van der Waals surface area (Å²) in [7, 11) is 2.19. The molecule has 1 aliphatic rings. The van der Waals surface area contributed by atoms with Gasteiger partial charge in [0.25, 0.3) is 0 Å². The maximum absolute atomic E-state index is 4.32. The smallest absolute Gasteiger partial charge is 0.222 e. The van der Waals surface area contributed by atoms with Gasteiger partial charge in [0.2, 0.25) is 5.95 Å².